The van der Waals surface area contributed by atoms with E-state index in [2.05, 4.69) is 165 Å². The molecule has 0 fully saturated rings. The molecular weight excluding hydrogens is 1280 g/mol. The average molecular weight is 1340 g/mol. The zero-order chi connectivity index (χ0) is 49.0. The molecule has 0 heterocycles. The van der Waals surface area contributed by atoms with Crippen LogP contribution in [-0.2, 0) is 63.0 Å². The first-order valence-electron chi connectivity index (χ1n) is 23.8. The first kappa shape index (κ1) is 55.4. The van der Waals surface area contributed by atoms with Gasteiger partial charge in [0.25, 0.3) is 0 Å². The van der Waals surface area contributed by atoms with Crippen LogP contribution in [0.15, 0.2) is 170 Å². The minimum atomic E-state index is -1.13. The van der Waals surface area contributed by atoms with Gasteiger partial charge in [0.15, 0.2) is 0 Å². The van der Waals surface area contributed by atoms with Gasteiger partial charge in [-0.2, -0.15) is 0 Å². The van der Waals surface area contributed by atoms with Crippen molar-refractivity contribution in [3.8, 4) is 0 Å². The monoisotopic (exact) mass is 1340 g/mol. The summed E-state index contributed by atoms with van der Waals surface area (Å²) in [7, 11) is -1.54. The molecule has 2 aliphatic carbocycles. The van der Waals surface area contributed by atoms with E-state index in [0.717, 1.165) is 12.8 Å². The van der Waals surface area contributed by atoms with Crippen molar-refractivity contribution in [3.63, 3.8) is 0 Å². The van der Waals surface area contributed by atoms with Gasteiger partial charge in [0.05, 0.1) is 11.9 Å². The molecule has 10 rings (SSSR count). The van der Waals surface area contributed by atoms with Gasteiger partial charge in [-0.1, -0.05) is 214 Å². The van der Waals surface area contributed by atoms with Crippen molar-refractivity contribution in [2.45, 2.75) is 86.5 Å². The molecule has 8 aromatic carbocycles. The molecule has 0 aromatic heterocycles. The van der Waals surface area contributed by atoms with Crippen molar-refractivity contribution >= 4 is 59.6 Å². The minimum Gasteiger partial charge on any atom is -0.545 e. The smallest absolute Gasteiger partial charge is 0.545 e. The van der Waals surface area contributed by atoms with Crippen molar-refractivity contribution in [1.82, 2.24) is 0 Å². The molecule has 0 amide bonds. The van der Waals surface area contributed by atoms with Crippen molar-refractivity contribution in [3.05, 3.63) is 248 Å². The zero-order valence-electron chi connectivity index (χ0n) is 41.6. The molecule has 2 aliphatic rings. The van der Waals surface area contributed by atoms with Gasteiger partial charge in [0, 0.05) is 5.41 Å². The summed E-state index contributed by atoms with van der Waals surface area (Å²) in [5.74, 6) is -2.26. The summed E-state index contributed by atoms with van der Waals surface area (Å²) in [5.41, 5.74) is 17.7. The van der Waals surface area contributed by atoms with Gasteiger partial charge < -0.3 is 19.8 Å². The first-order chi connectivity index (χ1) is 33.1. The predicted molar refractivity (Wildman–Crippen MR) is 287 cm³/mol. The van der Waals surface area contributed by atoms with Gasteiger partial charge in [-0.05, 0) is 162 Å². The Morgan fingerprint density at radius 2 is 0.648 bits per heavy atom. The van der Waals surface area contributed by atoms with Crippen LogP contribution >= 0.6 is 15.8 Å². The number of carbonyl (C=O) groups is 2. The Morgan fingerprint density at radius 3 is 0.887 bits per heavy atom. The zero-order valence-corrected chi connectivity index (χ0v) is 47.7. The third-order valence-electron chi connectivity index (χ3n) is 13.2. The van der Waals surface area contributed by atoms with Crippen LogP contribution in [0.5, 0.6) is 0 Å². The van der Waals surface area contributed by atoms with E-state index in [0.29, 0.717) is 0 Å². The molecule has 0 radical (unpaired) electrons. The summed E-state index contributed by atoms with van der Waals surface area (Å²) in [6.45, 7) is 18.1. The number of aromatic carboxylic acids is 2. The van der Waals surface area contributed by atoms with Crippen LogP contribution < -0.4 is 42.0 Å². The number of carboxylic acids is 2. The van der Waals surface area contributed by atoms with E-state index < -0.39 is 27.8 Å². The van der Waals surface area contributed by atoms with Crippen LogP contribution in [0.25, 0.3) is 0 Å². The van der Waals surface area contributed by atoms with Gasteiger partial charge in [-0.3, -0.25) is 0 Å². The van der Waals surface area contributed by atoms with Crippen LogP contribution in [-0.4, -0.2) is 11.9 Å². The minimum absolute atomic E-state index is 0. The normalized spacial score (nSPS) is 12.6. The van der Waals surface area contributed by atoms with E-state index in [1.807, 2.05) is 0 Å². The molecule has 0 atom stereocenters. The standard InChI is InChI=1S/C49H50P2.2C7H6O2.2Au/c1-31-19-32(2)24-41(23-31)50(42-25-33(3)20-34(4)26-42)45-13-9-11-39-15-17-49(47(39)45)18-16-40-12-10-14-46(48(40)49)51(43-27-35(5)21-36(6)28-43)44-29-37(7)22-38(8)30-44;2*8-7(9)6-4-2-1-3-5-6;;/h9-14,19-30H,15-18H2,1-8H3;2*1-5H,(H,8,9);;/q;;;2*+1/p-2. The number of fused-ring (bicyclic) bond motifs is 4. The van der Waals surface area contributed by atoms with Crippen molar-refractivity contribution < 1.29 is 64.6 Å². The molecule has 368 valence electrons. The fraction of sp³-hybridized carbons (Fsp3) is 0.206. The number of rotatable bonds is 8. The summed E-state index contributed by atoms with van der Waals surface area (Å²) < 4.78 is 0. The van der Waals surface area contributed by atoms with E-state index >= 15 is 0 Å². The Hall–Kier alpha value is -4.96. The Balaban J connectivity index is 0.000000346. The third kappa shape index (κ3) is 12.6. The SMILES string of the molecule is Cc1cc(C)cc(P(c2cc(C)cc(C)c2)c2cccc3c2C2(CC3)CCc3cccc(P(c4cc(C)cc(C)c4)c4cc(C)cc(C)c4)c32)c1.O=C([O-])c1ccccc1.O=C([O-])c1ccccc1.[Au+].[Au+]. The number of aryl methyl sites for hydroxylation is 10. The molecule has 1 spiro atoms. The molecule has 8 aromatic rings. The maximum absolute atomic E-state index is 10.1. The van der Waals surface area contributed by atoms with Crippen molar-refractivity contribution in [2.24, 2.45) is 0 Å². The van der Waals surface area contributed by atoms with Crippen LogP contribution in [0.2, 0.25) is 0 Å². The summed E-state index contributed by atoms with van der Waals surface area (Å²) in [6.07, 6.45) is 4.67. The number of hydrogen-bond donors (Lipinski definition) is 0. The van der Waals surface area contributed by atoms with Gasteiger partial charge in [0.1, 0.15) is 0 Å². The van der Waals surface area contributed by atoms with Crippen molar-refractivity contribution in [1.29, 1.82) is 0 Å². The van der Waals surface area contributed by atoms with Crippen LogP contribution in [0.3, 0.4) is 0 Å². The molecule has 71 heavy (non-hydrogen) atoms. The molecule has 0 saturated carbocycles. The Morgan fingerprint density at radius 1 is 0.380 bits per heavy atom. The van der Waals surface area contributed by atoms with Gasteiger partial charge >= 0.3 is 44.8 Å². The molecule has 0 bridgehead atoms. The number of carboxylic acid groups (broad SMARTS) is 2. The van der Waals surface area contributed by atoms with Gasteiger partial charge in [0.2, 0.25) is 0 Å². The van der Waals surface area contributed by atoms with E-state index in [4.69, 9.17) is 0 Å². The van der Waals surface area contributed by atoms with Gasteiger partial charge in [-0.15, -0.1) is 0 Å². The van der Waals surface area contributed by atoms with E-state index in [1.54, 1.807) is 69.3 Å². The molecule has 8 heteroatoms. The topological polar surface area (TPSA) is 80.3 Å². The molecule has 0 N–H and O–H groups in total. The number of benzene rings is 8. The summed E-state index contributed by atoms with van der Waals surface area (Å²) in [4.78, 5) is 20.2. The second-order valence-corrected chi connectivity index (χ2v) is 23.4. The van der Waals surface area contributed by atoms with E-state index in [1.165, 1.54) is 103 Å². The quantitative estimate of drug-likeness (QED) is 0.112. The third-order valence-corrected chi connectivity index (χ3v) is 18.0. The summed E-state index contributed by atoms with van der Waals surface area (Å²) in [6, 6.07) is 60.0. The van der Waals surface area contributed by atoms with E-state index in [-0.39, 0.29) is 61.3 Å². The number of carbonyl (C=O) groups excluding carboxylic acids is 2. The largest absolute Gasteiger partial charge is 1.00 e. The first-order valence-corrected chi connectivity index (χ1v) is 26.5. The van der Waals surface area contributed by atoms with Crippen molar-refractivity contribution in [2.75, 3.05) is 0 Å². The fourth-order valence-electron chi connectivity index (χ4n) is 10.8. The molecule has 4 nitrogen and oxygen atoms in total. The average Bonchev–Trinajstić information content (AvgIpc) is 3.88. The second-order valence-electron chi connectivity index (χ2n) is 19.1. The van der Waals surface area contributed by atoms with Crippen LogP contribution in [0.4, 0.5) is 0 Å². The van der Waals surface area contributed by atoms with Crippen LogP contribution in [0.1, 0.15) is 100 Å². The van der Waals surface area contributed by atoms with Gasteiger partial charge in [-0.25, -0.2) is 0 Å². The molecule has 0 aliphatic heterocycles. The number of hydrogen-bond acceptors (Lipinski definition) is 4. The molecular formula is C63H60Au2O4P2. The molecule has 0 saturated heterocycles. The Bertz CT molecular complexity index is 2790. The Labute approximate surface area is 454 Å². The van der Waals surface area contributed by atoms with Crippen LogP contribution in [0, 0.1) is 55.4 Å². The Kier molecular flexibility index (Phi) is 18.8. The second kappa shape index (κ2) is 24.2. The summed E-state index contributed by atoms with van der Waals surface area (Å²) in [5, 5.41) is 29.2. The summed E-state index contributed by atoms with van der Waals surface area (Å²) >= 11 is 0. The maximum atomic E-state index is 10.1. The van der Waals surface area contributed by atoms with E-state index in [9.17, 15) is 19.8 Å². The fourth-order valence-corrected chi connectivity index (χ4v) is 16.8. The predicted octanol–water partition coefficient (Wildman–Crippen LogP) is 9.94. The maximum Gasteiger partial charge on any atom is 1.00 e. The molecule has 0 unspecified atom stereocenters.